The van der Waals surface area contributed by atoms with Crippen LogP contribution in [0.15, 0.2) is 17.5 Å². The maximum atomic E-state index is 4.23. The first-order valence-corrected chi connectivity index (χ1v) is 18.8. The van der Waals surface area contributed by atoms with Crippen molar-refractivity contribution in [3.05, 3.63) is 17.5 Å². The Labute approximate surface area is 206 Å². The van der Waals surface area contributed by atoms with Gasteiger partial charge in [0.05, 0.1) is 8.07 Å². The average Bonchev–Trinajstić information content (AvgIpc) is 2.54. The Hall–Kier alpha value is -0.486. The summed E-state index contributed by atoms with van der Waals surface area (Å²) in [5.74, 6) is 8.22. The molecule has 0 saturated carbocycles. The van der Waals surface area contributed by atoms with Gasteiger partial charge in [-0.2, -0.15) is 0 Å². The highest BCUT2D eigenvalue weighted by Gasteiger charge is 2.39. The Morgan fingerprint density at radius 2 is 0.875 bits per heavy atom. The minimum atomic E-state index is -1.65. The van der Waals surface area contributed by atoms with Crippen LogP contribution in [0.2, 0.25) is 36.3 Å². The molecular weight excluding hydrogens is 417 g/mol. The summed E-state index contributed by atoms with van der Waals surface area (Å²) in [6.45, 7) is 33.0. The lowest BCUT2D eigenvalue weighted by Gasteiger charge is -2.37. The Bertz CT molecular complexity index is 580. The SMILES string of the molecule is C=C=C(CC#C[Si](CC(C)C)(CC(C)C)CC(C)C)[Si](CC(C)C)(CC(C)C)CC(C)C. The van der Waals surface area contributed by atoms with Gasteiger partial charge in [-0.15, -0.1) is 17.2 Å². The third kappa shape index (κ3) is 12.1. The summed E-state index contributed by atoms with van der Waals surface area (Å²) in [4.78, 5) is 0. The lowest BCUT2D eigenvalue weighted by molar-refractivity contribution is 0.645. The Morgan fingerprint density at radius 3 is 1.12 bits per heavy atom. The molecule has 0 radical (unpaired) electrons. The molecule has 0 bridgehead atoms. The average molecular weight is 475 g/mol. The van der Waals surface area contributed by atoms with Crippen LogP contribution in [0, 0.1) is 47.0 Å². The number of hydrogen-bond acceptors (Lipinski definition) is 0. The van der Waals surface area contributed by atoms with Crippen LogP contribution < -0.4 is 0 Å². The van der Waals surface area contributed by atoms with Gasteiger partial charge in [0.15, 0.2) is 0 Å². The van der Waals surface area contributed by atoms with Crippen molar-refractivity contribution in [3.63, 3.8) is 0 Å². The van der Waals surface area contributed by atoms with E-state index in [0.29, 0.717) is 0 Å². The summed E-state index contributed by atoms with van der Waals surface area (Å²) in [6.07, 6.45) is 0.922. The van der Waals surface area contributed by atoms with Crippen molar-refractivity contribution < 1.29 is 0 Å². The third-order valence-corrected chi connectivity index (χ3v) is 18.2. The minimum absolute atomic E-state index is 0.728. The first-order chi connectivity index (χ1) is 14.7. The molecule has 0 fully saturated rings. The normalized spacial score (nSPS) is 12.8. The molecule has 0 amide bonds. The summed E-state index contributed by atoms with van der Waals surface area (Å²) >= 11 is 0. The fourth-order valence-corrected chi connectivity index (χ4v) is 19.2. The molecule has 0 aliphatic heterocycles. The molecule has 0 nitrogen and oxygen atoms in total. The van der Waals surface area contributed by atoms with E-state index in [1.165, 1.54) is 41.5 Å². The molecule has 0 spiro atoms. The topological polar surface area (TPSA) is 0 Å². The Morgan fingerprint density at radius 1 is 0.562 bits per heavy atom. The molecule has 2 heteroatoms. The van der Waals surface area contributed by atoms with Crippen LogP contribution in [0.4, 0.5) is 0 Å². The summed E-state index contributed by atoms with van der Waals surface area (Å²) < 4.78 is 0. The molecule has 0 aliphatic carbocycles. The van der Waals surface area contributed by atoms with Gasteiger partial charge in [-0.25, -0.2) is 0 Å². The van der Waals surface area contributed by atoms with Crippen LogP contribution in [0.3, 0.4) is 0 Å². The monoisotopic (exact) mass is 474 g/mol. The predicted octanol–water partition coefficient (Wildman–Crippen LogP) is 10.0. The van der Waals surface area contributed by atoms with Gasteiger partial charge >= 0.3 is 0 Å². The molecular formula is C30H58Si2. The van der Waals surface area contributed by atoms with Gasteiger partial charge in [-0.1, -0.05) is 108 Å². The van der Waals surface area contributed by atoms with Crippen molar-refractivity contribution in [2.75, 3.05) is 0 Å². The van der Waals surface area contributed by atoms with Gasteiger partial charge in [0.1, 0.15) is 8.07 Å². The van der Waals surface area contributed by atoms with Crippen LogP contribution in [0.5, 0.6) is 0 Å². The van der Waals surface area contributed by atoms with Gasteiger partial charge < -0.3 is 0 Å². The molecule has 0 aromatic rings. The van der Waals surface area contributed by atoms with Crippen molar-refractivity contribution in [2.24, 2.45) is 35.5 Å². The maximum Gasteiger partial charge on any atom is 0.139 e. The highest BCUT2D eigenvalue weighted by molar-refractivity contribution is 6.88. The predicted molar refractivity (Wildman–Crippen MR) is 154 cm³/mol. The van der Waals surface area contributed by atoms with Crippen LogP contribution in [0.1, 0.15) is 89.5 Å². The van der Waals surface area contributed by atoms with Crippen molar-refractivity contribution in [1.29, 1.82) is 0 Å². The fourth-order valence-electron chi connectivity index (χ4n) is 6.47. The fraction of sp³-hybridized carbons (Fsp3) is 0.833. The van der Waals surface area contributed by atoms with Crippen molar-refractivity contribution >= 4 is 16.1 Å². The van der Waals surface area contributed by atoms with Crippen LogP contribution >= 0.6 is 0 Å². The van der Waals surface area contributed by atoms with Gasteiger partial charge in [-0.3, -0.25) is 0 Å². The van der Waals surface area contributed by atoms with Crippen molar-refractivity contribution in [1.82, 2.24) is 0 Å². The lowest BCUT2D eigenvalue weighted by atomic mass is 10.2. The van der Waals surface area contributed by atoms with E-state index in [9.17, 15) is 0 Å². The molecule has 0 aromatic heterocycles. The Balaban J connectivity index is 6.25. The minimum Gasteiger partial charge on any atom is -0.133 e. The standard InChI is InChI=1S/C30H58Si2/c1-14-30(32(21-27(8)9,22-28(10)11)23-29(12)13)16-15-17-31(18-24(2)3,19-25(4)5)20-26(6)7/h24-29H,1,16,18-23H2,2-13H3. The quantitative estimate of drug-likeness (QED) is 0.133. The van der Waals surface area contributed by atoms with E-state index in [0.717, 1.165) is 41.9 Å². The van der Waals surface area contributed by atoms with E-state index in [-0.39, 0.29) is 0 Å². The highest BCUT2D eigenvalue weighted by atomic mass is 28.3. The highest BCUT2D eigenvalue weighted by Crippen LogP contribution is 2.39. The second-order valence-electron chi connectivity index (χ2n) is 13.3. The molecule has 0 heterocycles. The van der Waals surface area contributed by atoms with Crippen LogP contribution in [-0.4, -0.2) is 16.1 Å². The third-order valence-electron chi connectivity index (χ3n) is 6.27. The molecule has 0 aromatic carbocycles. The molecule has 0 unspecified atom stereocenters. The van der Waals surface area contributed by atoms with E-state index >= 15 is 0 Å². The summed E-state index contributed by atoms with van der Waals surface area (Å²) in [7, 11) is -3.28. The summed E-state index contributed by atoms with van der Waals surface area (Å²) in [5.41, 5.74) is 7.56. The smallest absolute Gasteiger partial charge is 0.133 e. The number of rotatable bonds is 14. The lowest BCUT2D eigenvalue weighted by Crippen LogP contribution is -2.41. The first kappa shape index (κ1) is 31.5. The van der Waals surface area contributed by atoms with E-state index in [2.05, 4.69) is 107 Å². The van der Waals surface area contributed by atoms with Gasteiger partial charge in [-0.05, 0) is 58.8 Å². The molecule has 186 valence electrons. The largest absolute Gasteiger partial charge is 0.139 e. The maximum absolute atomic E-state index is 4.23. The summed E-state index contributed by atoms with van der Waals surface area (Å²) in [5, 5.41) is 1.53. The van der Waals surface area contributed by atoms with Crippen molar-refractivity contribution in [3.8, 4) is 11.5 Å². The van der Waals surface area contributed by atoms with Gasteiger partial charge in [0.25, 0.3) is 0 Å². The van der Waals surface area contributed by atoms with E-state index in [1.807, 2.05) is 0 Å². The second kappa shape index (κ2) is 14.7. The van der Waals surface area contributed by atoms with E-state index in [4.69, 9.17) is 0 Å². The molecule has 0 saturated heterocycles. The zero-order chi connectivity index (χ0) is 25.1. The number of hydrogen-bond donors (Lipinski definition) is 0. The Kier molecular flexibility index (Phi) is 14.5. The first-order valence-electron chi connectivity index (χ1n) is 13.6. The molecule has 32 heavy (non-hydrogen) atoms. The molecule has 0 atom stereocenters. The molecule has 0 aliphatic rings. The summed E-state index contributed by atoms with van der Waals surface area (Å²) in [6, 6.07) is 8.10. The van der Waals surface area contributed by atoms with Crippen molar-refractivity contribution in [2.45, 2.75) is 126 Å². The molecule has 0 rings (SSSR count). The van der Waals surface area contributed by atoms with E-state index in [1.54, 1.807) is 0 Å². The molecule has 0 N–H and O–H groups in total. The second-order valence-corrected chi connectivity index (χ2v) is 21.7. The van der Waals surface area contributed by atoms with E-state index < -0.39 is 16.1 Å². The van der Waals surface area contributed by atoms with Gasteiger partial charge in [0, 0.05) is 6.42 Å². The number of allylic oxidation sites excluding steroid dienone is 1. The zero-order valence-corrected chi connectivity index (χ0v) is 26.1. The zero-order valence-electron chi connectivity index (χ0n) is 24.1. The van der Waals surface area contributed by atoms with Gasteiger partial charge in [0.2, 0.25) is 0 Å². The van der Waals surface area contributed by atoms with Crippen LogP contribution in [0.25, 0.3) is 0 Å². The van der Waals surface area contributed by atoms with Crippen LogP contribution in [-0.2, 0) is 0 Å².